The predicted octanol–water partition coefficient (Wildman–Crippen LogP) is 2.68. The lowest BCUT2D eigenvalue weighted by molar-refractivity contribution is -0.154. The fraction of sp³-hybridized carbons (Fsp3) is 0.786. The summed E-state index contributed by atoms with van der Waals surface area (Å²) in [6.07, 6.45) is 6.72. The molecule has 3 heteroatoms. The zero-order chi connectivity index (χ0) is 12.3. The van der Waals surface area contributed by atoms with Crippen molar-refractivity contribution >= 4 is 5.78 Å². The van der Waals surface area contributed by atoms with Gasteiger partial charge in [-0.3, -0.25) is 0 Å². The van der Waals surface area contributed by atoms with Gasteiger partial charge in [0.05, 0.1) is 0 Å². The van der Waals surface area contributed by atoms with E-state index in [4.69, 9.17) is 9.47 Å². The molecule has 0 saturated carbocycles. The van der Waals surface area contributed by atoms with Crippen LogP contribution in [0.4, 0.5) is 0 Å². The van der Waals surface area contributed by atoms with Crippen LogP contribution in [0.2, 0.25) is 0 Å². The van der Waals surface area contributed by atoms with Crippen LogP contribution in [0.3, 0.4) is 0 Å². The van der Waals surface area contributed by atoms with Gasteiger partial charge in [0.25, 0.3) is 0 Å². The molecule has 17 heavy (non-hydrogen) atoms. The summed E-state index contributed by atoms with van der Waals surface area (Å²) in [7, 11) is 0. The molecule has 0 radical (unpaired) electrons. The maximum atomic E-state index is 10.7. The Morgan fingerprint density at radius 2 is 2.24 bits per heavy atom. The third kappa shape index (κ3) is 7.95. The molecule has 1 aliphatic rings. The lowest BCUT2D eigenvalue weighted by atomic mass is 10.1. The van der Waals surface area contributed by atoms with Gasteiger partial charge in [-0.1, -0.05) is 5.92 Å². The van der Waals surface area contributed by atoms with Gasteiger partial charge in [-0.05, 0) is 39.0 Å². The fourth-order valence-corrected chi connectivity index (χ4v) is 1.70. The van der Waals surface area contributed by atoms with Crippen molar-refractivity contribution in [1.29, 1.82) is 0 Å². The first-order valence-corrected chi connectivity index (χ1v) is 6.47. The molecule has 0 aliphatic carbocycles. The molecule has 0 aromatic carbocycles. The van der Waals surface area contributed by atoms with Crippen LogP contribution in [-0.4, -0.2) is 25.3 Å². The van der Waals surface area contributed by atoms with Crippen molar-refractivity contribution in [1.82, 2.24) is 0 Å². The molecule has 0 N–H and O–H groups in total. The Bertz CT molecular complexity index is 269. The minimum atomic E-state index is -0.0456. The van der Waals surface area contributed by atoms with Gasteiger partial charge in [0.15, 0.2) is 6.29 Å². The molecular weight excluding hydrogens is 216 g/mol. The van der Waals surface area contributed by atoms with E-state index in [0.717, 1.165) is 38.7 Å². The van der Waals surface area contributed by atoms with Gasteiger partial charge < -0.3 is 14.3 Å². The van der Waals surface area contributed by atoms with Crippen molar-refractivity contribution in [3.8, 4) is 11.8 Å². The van der Waals surface area contributed by atoms with Gasteiger partial charge in [0.1, 0.15) is 12.4 Å². The molecule has 3 nitrogen and oxygen atoms in total. The maximum absolute atomic E-state index is 10.7. The fourth-order valence-electron chi connectivity index (χ4n) is 1.70. The molecule has 1 fully saturated rings. The second-order valence-corrected chi connectivity index (χ2v) is 4.37. The van der Waals surface area contributed by atoms with Crippen molar-refractivity contribution in [2.75, 3.05) is 13.2 Å². The molecule has 0 bridgehead atoms. The van der Waals surface area contributed by atoms with E-state index < -0.39 is 0 Å². The van der Waals surface area contributed by atoms with Crippen LogP contribution < -0.4 is 0 Å². The van der Waals surface area contributed by atoms with E-state index in [2.05, 4.69) is 11.8 Å². The largest absolute Gasteiger partial charge is 0.353 e. The Morgan fingerprint density at radius 1 is 1.35 bits per heavy atom. The van der Waals surface area contributed by atoms with Crippen molar-refractivity contribution in [3.63, 3.8) is 0 Å². The first-order chi connectivity index (χ1) is 8.29. The quantitative estimate of drug-likeness (QED) is 0.527. The van der Waals surface area contributed by atoms with E-state index in [1.807, 2.05) is 0 Å². The van der Waals surface area contributed by atoms with E-state index in [1.54, 1.807) is 6.92 Å². The number of unbranched alkanes of at least 4 members (excludes halogenated alkanes) is 2. The smallest absolute Gasteiger partial charge is 0.158 e. The van der Waals surface area contributed by atoms with Crippen LogP contribution in [0, 0.1) is 11.8 Å². The van der Waals surface area contributed by atoms with Gasteiger partial charge in [-0.25, -0.2) is 0 Å². The summed E-state index contributed by atoms with van der Waals surface area (Å²) in [6.45, 7) is 2.89. The Labute approximate surface area is 104 Å². The number of hydrogen-bond donors (Lipinski definition) is 0. The summed E-state index contributed by atoms with van der Waals surface area (Å²) in [5.74, 6) is 6.30. The van der Waals surface area contributed by atoms with Crippen molar-refractivity contribution < 1.29 is 14.3 Å². The lowest BCUT2D eigenvalue weighted by Crippen LogP contribution is -2.22. The minimum absolute atomic E-state index is 0.0456. The molecule has 0 aromatic rings. The number of Topliss-reactive ketones (excluding diaryl/α,β-unsaturated/α-hetero) is 1. The molecule has 1 unspecified atom stereocenters. The normalized spacial score (nSPS) is 19.5. The third-order valence-corrected chi connectivity index (χ3v) is 2.68. The Balaban J connectivity index is 1.93. The topological polar surface area (TPSA) is 35.5 Å². The second kappa shape index (κ2) is 9.21. The average Bonchev–Trinajstić information content (AvgIpc) is 2.33. The molecule has 0 aromatic heterocycles. The first-order valence-electron chi connectivity index (χ1n) is 6.47. The van der Waals surface area contributed by atoms with Crippen molar-refractivity contribution in [2.45, 2.75) is 58.2 Å². The van der Waals surface area contributed by atoms with Gasteiger partial charge in [-0.2, -0.15) is 0 Å². The number of carbonyl (C=O) groups excluding carboxylic acids is 1. The van der Waals surface area contributed by atoms with Crippen LogP contribution in [0.5, 0.6) is 0 Å². The zero-order valence-electron chi connectivity index (χ0n) is 10.7. The summed E-state index contributed by atoms with van der Waals surface area (Å²) in [6, 6.07) is 0. The molecule has 1 aliphatic heterocycles. The minimum Gasteiger partial charge on any atom is -0.353 e. The molecule has 1 rings (SSSR count). The molecule has 0 amide bonds. The van der Waals surface area contributed by atoms with Crippen molar-refractivity contribution in [3.05, 3.63) is 0 Å². The van der Waals surface area contributed by atoms with Crippen LogP contribution >= 0.6 is 0 Å². The van der Waals surface area contributed by atoms with Crippen LogP contribution in [0.15, 0.2) is 0 Å². The van der Waals surface area contributed by atoms with Gasteiger partial charge in [-0.15, -0.1) is 5.92 Å². The molecule has 1 saturated heterocycles. The van der Waals surface area contributed by atoms with Crippen molar-refractivity contribution in [2.24, 2.45) is 0 Å². The monoisotopic (exact) mass is 238 g/mol. The van der Waals surface area contributed by atoms with E-state index in [1.165, 1.54) is 6.42 Å². The molecule has 1 heterocycles. The number of carbonyl (C=O) groups is 1. The summed E-state index contributed by atoms with van der Waals surface area (Å²) in [4.78, 5) is 10.7. The SMILES string of the molecule is CC(=O)CCCCC#CCOC1CCCCO1. The Morgan fingerprint density at radius 3 is 2.94 bits per heavy atom. The highest BCUT2D eigenvalue weighted by atomic mass is 16.7. The lowest BCUT2D eigenvalue weighted by Gasteiger charge is -2.21. The summed E-state index contributed by atoms with van der Waals surface area (Å²) in [5, 5.41) is 0. The zero-order valence-corrected chi connectivity index (χ0v) is 10.7. The van der Waals surface area contributed by atoms with E-state index >= 15 is 0 Å². The average molecular weight is 238 g/mol. The van der Waals surface area contributed by atoms with Gasteiger partial charge in [0, 0.05) is 19.4 Å². The highest BCUT2D eigenvalue weighted by Crippen LogP contribution is 2.13. The van der Waals surface area contributed by atoms with Crippen LogP contribution in [-0.2, 0) is 14.3 Å². The van der Waals surface area contributed by atoms with Gasteiger partial charge >= 0.3 is 0 Å². The van der Waals surface area contributed by atoms with E-state index in [9.17, 15) is 4.79 Å². The predicted molar refractivity (Wildman–Crippen MR) is 66.5 cm³/mol. The van der Waals surface area contributed by atoms with E-state index in [-0.39, 0.29) is 12.1 Å². The molecule has 1 atom stereocenters. The number of ketones is 1. The van der Waals surface area contributed by atoms with E-state index in [0.29, 0.717) is 13.0 Å². The van der Waals surface area contributed by atoms with Crippen LogP contribution in [0.1, 0.15) is 51.9 Å². The highest BCUT2D eigenvalue weighted by molar-refractivity contribution is 5.75. The first kappa shape index (κ1) is 14.2. The molecule has 96 valence electrons. The number of ether oxygens (including phenoxy) is 2. The maximum Gasteiger partial charge on any atom is 0.158 e. The van der Waals surface area contributed by atoms with Crippen LogP contribution in [0.25, 0.3) is 0 Å². The second-order valence-electron chi connectivity index (χ2n) is 4.37. The number of hydrogen-bond acceptors (Lipinski definition) is 3. The summed E-state index contributed by atoms with van der Waals surface area (Å²) >= 11 is 0. The summed E-state index contributed by atoms with van der Waals surface area (Å²) in [5.41, 5.74) is 0. The Kier molecular flexibility index (Phi) is 7.70. The standard InChI is InChI=1S/C14H22O3/c1-13(15)9-5-3-2-4-7-11-16-14-10-6-8-12-17-14/h14H,2-3,5-6,8-12H2,1H3. The summed E-state index contributed by atoms with van der Waals surface area (Å²) < 4.78 is 10.9. The molecular formula is C14H22O3. The molecule has 0 spiro atoms. The van der Waals surface area contributed by atoms with Gasteiger partial charge in [0.2, 0.25) is 0 Å². The number of rotatable bonds is 6. The Hall–Kier alpha value is -0.850. The third-order valence-electron chi connectivity index (χ3n) is 2.68. The highest BCUT2D eigenvalue weighted by Gasteiger charge is 2.12.